The molecule has 0 saturated carbocycles. The molecular formula is C18H25FN4O2. The topological polar surface area (TPSA) is 68.3 Å². The number of halogens is 1. The van der Waals surface area contributed by atoms with Crippen LogP contribution in [0.3, 0.4) is 0 Å². The van der Waals surface area contributed by atoms with E-state index in [1.54, 1.807) is 7.11 Å². The highest BCUT2D eigenvalue weighted by Crippen LogP contribution is 2.20. The number of aromatic nitrogens is 2. The molecule has 2 aromatic rings. The van der Waals surface area contributed by atoms with Gasteiger partial charge in [0.1, 0.15) is 12.4 Å². The second-order valence-corrected chi connectivity index (χ2v) is 5.99. The third-order valence-electron chi connectivity index (χ3n) is 3.42. The second kappa shape index (κ2) is 9.78. The van der Waals surface area contributed by atoms with Gasteiger partial charge in [0.2, 0.25) is 5.95 Å². The van der Waals surface area contributed by atoms with E-state index in [0.29, 0.717) is 31.6 Å². The Balaban J connectivity index is 1.95. The van der Waals surface area contributed by atoms with Crippen LogP contribution in [-0.4, -0.2) is 36.8 Å². The lowest BCUT2D eigenvalue weighted by Crippen LogP contribution is -2.09. The lowest BCUT2D eigenvalue weighted by molar-refractivity contribution is 0.146. The fourth-order valence-electron chi connectivity index (χ4n) is 2.04. The number of hydrogen-bond donors (Lipinski definition) is 2. The lowest BCUT2D eigenvalue weighted by atomic mass is 10.1. The van der Waals surface area contributed by atoms with Crippen LogP contribution in [-0.2, 0) is 4.74 Å². The third-order valence-corrected chi connectivity index (χ3v) is 3.42. The summed E-state index contributed by atoms with van der Waals surface area (Å²) in [6, 6.07) is 7.37. The first kappa shape index (κ1) is 18.9. The summed E-state index contributed by atoms with van der Waals surface area (Å²) < 4.78 is 24.2. The molecule has 136 valence electrons. The second-order valence-electron chi connectivity index (χ2n) is 5.99. The minimum atomic E-state index is -0.462. The van der Waals surface area contributed by atoms with Crippen molar-refractivity contribution in [3.8, 4) is 5.75 Å². The molecular weight excluding hydrogens is 323 g/mol. The average molecular weight is 348 g/mol. The molecule has 0 spiro atoms. The van der Waals surface area contributed by atoms with Crippen molar-refractivity contribution < 1.29 is 13.9 Å². The molecule has 1 heterocycles. The molecule has 1 aromatic carbocycles. The zero-order chi connectivity index (χ0) is 18.1. The smallest absolute Gasteiger partial charge is 0.229 e. The highest BCUT2D eigenvalue weighted by Gasteiger charge is 2.07. The van der Waals surface area contributed by atoms with E-state index >= 15 is 0 Å². The summed E-state index contributed by atoms with van der Waals surface area (Å²) >= 11 is 0. The zero-order valence-corrected chi connectivity index (χ0v) is 14.9. The Labute approximate surface area is 147 Å². The molecule has 25 heavy (non-hydrogen) atoms. The van der Waals surface area contributed by atoms with Gasteiger partial charge in [0.05, 0.1) is 12.8 Å². The number of ether oxygens (including phenoxy) is 2. The highest BCUT2D eigenvalue weighted by molar-refractivity contribution is 5.56. The molecule has 1 aromatic heterocycles. The van der Waals surface area contributed by atoms with E-state index in [9.17, 15) is 4.39 Å². The van der Waals surface area contributed by atoms with Crippen molar-refractivity contribution >= 4 is 17.5 Å². The van der Waals surface area contributed by atoms with Crippen LogP contribution in [0.2, 0.25) is 0 Å². The molecule has 0 unspecified atom stereocenters. The average Bonchev–Trinajstić information content (AvgIpc) is 2.59. The Morgan fingerprint density at radius 2 is 1.92 bits per heavy atom. The predicted octanol–water partition coefficient (Wildman–Crippen LogP) is 3.84. The van der Waals surface area contributed by atoms with Gasteiger partial charge in [0.15, 0.2) is 11.6 Å². The van der Waals surface area contributed by atoms with Crippen LogP contribution < -0.4 is 15.4 Å². The van der Waals surface area contributed by atoms with Crippen molar-refractivity contribution in [2.24, 2.45) is 5.92 Å². The van der Waals surface area contributed by atoms with E-state index in [-0.39, 0.29) is 5.82 Å². The zero-order valence-electron chi connectivity index (χ0n) is 14.9. The van der Waals surface area contributed by atoms with Gasteiger partial charge in [0, 0.05) is 19.3 Å². The minimum Gasteiger partial charge on any atom is -0.491 e. The summed E-state index contributed by atoms with van der Waals surface area (Å²) in [5, 5.41) is 6.07. The molecule has 6 nitrogen and oxygen atoms in total. The quantitative estimate of drug-likeness (QED) is 0.636. The van der Waals surface area contributed by atoms with E-state index in [1.165, 1.54) is 0 Å². The van der Waals surface area contributed by atoms with Crippen LogP contribution in [0.1, 0.15) is 20.3 Å². The molecule has 0 saturated heterocycles. The van der Waals surface area contributed by atoms with Gasteiger partial charge in [0.25, 0.3) is 0 Å². The standard InChI is InChI=1S/C18H25FN4O2/c1-13(2)8-9-20-17-16(19)12-21-18(23-17)22-14-4-6-15(7-5-14)25-11-10-24-3/h4-7,12-13H,8-11H2,1-3H3,(H2,20,21,22,23). The molecule has 0 radical (unpaired) electrons. The van der Waals surface area contributed by atoms with Crippen molar-refractivity contribution in [3.05, 3.63) is 36.3 Å². The first-order valence-corrected chi connectivity index (χ1v) is 8.33. The molecule has 0 aliphatic carbocycles. The molecule has 2 rings (SSSR count). The summed E-state index contributed by atoms with van der Waals surface area (Å²) in [5.74, 6) is 1.37. The molecule has 0 fully saturated rings. The molecule has 0 amide bonds. The van der Waals surface area contributed by atoms with Gasteiger partial charge < -0.3 is 20.1 Å². The Bertz CT molecular complexity index is 650. The van der Waals surface area contributed by atoms with Crippen LogP contribution in [0.15, 0.2) is 30.5 Å². The number of anilines is 3. The fraction of sp³-hybridized carbons (Fsp3) is 0.444. The van der Waals surface area contributed by atoms with Gasteiger partial charge in [-0.05, 0) is 36.6 Å². The van der Waals surface area contributed by atoms with Gasteiger partial charge in [-0.25, -0.2) is 9.37 Å². The monoisotopic (exact) mass is 348 g/mol. The van der Waals surface area contributed by atoms with Crippen molar-refractivity contribution in [3.63, 3.8) is 0 Å². The Morgan fingerprint density at radius 1 is 1.16 bits per heavy atom. The Kier molecular flexibility index (Phi) is 7.40. The van der Waals surface area contributed by atoms with Crippen LogP contribution in [0, 0.1) is 11.7 Å². The van der Waals surface area contributed by atoms with Gasteiger partial charge in [-0.3, -0.25) is 0 Å². The third kappa shape index (κ3) is 6.54. The number of nitrogens with zero attached hydrogens (tertiary/aromatic N) is 2. The molecule has 7 heteroatoms. The first-order valence-electron chi connectivity index (χ1n) is 8.33. The van der Waals surface area contributed by atoms with Crippen LogP contribution in [0.4, 0.5) is 21.8 Å². The van der Waals surface area contributed by atoms with Crippen LogP contribution >= 0.6 is 0 Å². The van der Waals surface area contributed by atoms with Crippen molar-refractivity contribution in [2.75, 3.05) is 37.5 Å². The van der Waals surface area contributed by atoms with Gasteiger partial charge in [-0.2, -0.15) is 4.98 Å². The van der Waals surface area contributed by atoms with Gasteiger partial charge >= 0.3 is 0 Å². The maximum Gasteiger partial charge on any atom is 0.229 e. The number of rotatable bonds is 10. The number of hydrogen-bond acceptors (Lipinski definition) is 6. The largest absolute Gasteiger partial charge is 0.491 e. The van der Waals surface area contributed by atoms with E-state index in [2.05, 4.69) is 34.4 Å². The summed E-state index contributed by atoms with van der Waals surface area (Å²) in [6.07, 6.45) is 2.10. The predicted molar refractivity (Wildman–Crippen MR) is 97.0 cm³/mol. The Hall–Kier alpha value is -2.41. The summed E-state index contributed by atoms with van der Waals surface area (Å²) in [4.78, 5) is 8.17. The van der Waals surface area contributed by atoms with Gasteiger partial charge in [-0.15, -0.1) is 0 Å². The van der Waals surface area contributed by atoms with E-state index in [1.807, 2.05) is 24.3 Å². The summed E-state index contributed by atoms with van der Waals surface area (Å²) in [6.45, 7) is 5.94. The molecule has 0 aliphatic rings. The van der Waals surface area contributed by atoms with Crippen molar-refractivity contribution in [2.45, 2.75) is 20.3 Å². The lowest BCUT2D eigenvalue weighted by Gasteiger charge is -2.11. The van der Waals surface area contributed by atoms with Crippen molar-refractivity contribution in [1.29, 1.82) is 0 Å². The number of methoxy groups -OCH3 is 1. The van der Waals surface area contributed by atoms with E-state index in [0.717, 1.165) is 24.1 Å². The van der Waals surface area contributed by atoms with Gasteiger partial charge in [-0.1, -0.05) is 13.8 Å². The van der Waals surface area contributed by atoms with Crippen LogP contribution in [0.5, 0.6) is 5.75 Å². The number of nitrogens with one attached hydrogen (secondary N) is 2. The molecule has 2 N–H and O–H groups in total. The summed E-state index contributed by atoms with van der Waals surface area (Å²) in [7, 11) is 1.63. The normalized spacial score (nSPS) is 10.8. The Morgan fingerprint density at radius 3 is 2.60 bits per heavy atom. The first-order chi connectivity index (χ1) is 12.1. The molecule has 0 aliphatic heterocycles. The maximum atomic E-state index is 13.8. The fourth-order valence-corrected chi connectivity index (χ4v) is 2.04. The van der Waals surface area contributed by atoms with Crippen molar-refractivity contribution in [1.82, 2.24) is 9.97 Å². The SMILES string of the molecule is COCCOc1ccc(Nc2ncc(F)c(NCCC(C)C)n2)cc1. The van der Waals surface area contributed by atoms with E-state index < -0.39 is 5.82 Å². The molecule has 0 bridgehead atoms. The van der Waals surface area contributed by atoms with E-state index in [4.69, 9.17) is 9.47 Å². The minimum absolute atomic E-state index is 0.206. The highest BCUT2D eigenvalue weighted by atomic mass is 19.1. The number of benzene rings is 1. The molecule has 0 atom stereocenters. The van der Waals surface area contributed by atoms with Crippen LogP contribution in [0.25, 0.3) is 0 Å². The summed E-state index contributed by atoms with van der Waals surface area (Å²) in [5.41, 5.74) is 0.791. The maximum absolute atomic E-state index is 13.8.